The summed E-state index contributed by atoms with van der Waals surface area (Å²) in [7, 11) is 0. The normalized spacial score (nSPS) is 15.9. The standard InChI is InChI=1S/C14H15N3O/c18-10-11-1-3-13-12(9-11)2-4-14(16-13)17-7-5-15-6-8-17/h1-4,9-10,15H,5-8H2. The number of carbonyl (C=O) groups excluding carboxylic acids is 1. The summed E-state index contributed by atoms with van der Waals surface area (Å²) in [5.41, 5.74) is 1.64. The number of pyridine rings is 1. The van der Waals surface area contributed by atoms with Crippen LogP contribution < -0.4 is 10.2 Å². The maximum Gasteiger partial charge on any atom is 0.150 e. The molecule has 1 N–H and O–H groups in total. The van der Waals surface area contributed by atoms with E-state index in [4.69, 9.17) is 0 Å². The first-order valence-electron chi connectivity index (χ1n) is 6.18. The van der Waals surface area contributed by atoms with E-state index in [9.17, 15) is 4.79 Å². The lowest BCUT2D eigenvalue weighted by atomic mass is 10.1. The van der Waals surface area contributed by atoms with Gasteiger partial charge in [-0.15, -0.1) is 0 Å². The van der Waals surface area contributed by atoms with Crippen LogP contribution in [0.3, 0.4) is 0 Å². The molecule has 0 unspecified atom stereocenters. The van der Waals surface area contributed by atoms with Gasteiger partial charge in [0.1, 0.15) is 12.1 Å². The Morgan fingerprint density at radius 1 is 1.17 bits per heavy atom. The molecule has 0 bridgehead atoms. The van der Waals surface area contributed by atoms with E-state index >= 15 is 0 Å². The summed E-state index contributed by atoms with van der Waals surface area (Å²) >= 11 is 0. The molecular formula is C14H15N3O. The maximum absolute atomic E-state index is 10.7. The van der Waals surface area contributed by atoms with E-state index in [1.54, 1.807) is 0 Å². The van der Waals surface area contributed by atoms with Crippen LogP contribution in [0.4, 0.5) is 5.82 Å². The van der Waals surface area contributed by atoms with E-state index in [1.165, 1.54) is 0 Å². The number of hydrogen-bond acceptors (Lipinski definition) is 4. The number of nitrogens with zero attached hydrogens (tertiary/aromatic N) is 2. The average Bonchev–Trinajstić information content (AvgIpc) is 2.47. The minimum atomic E-state index is 0.694. The van der Waals surface area contributed by atoms with Gasteiger partial charge in [-0.1, -0.05) is 0 Å². The molecule has 0 aliphatic carbocycles. The average molecular weight is 241 g/mol. The van der Waals surface area contributed by atoms with Gasteiger partial charge in [-0.05, 0) is 30.3 Å². The molecule has 1 aromatic heterocycles. The number of hydrogen-bond donors (Lipinski definition) is 1. The summed E-state index contributed by atoms with van der Waals surface area (Å²) < 4.78 is 0. The van der Waals surface area contributed by atoms with Gasteiger partial charge in [-0.2, -0.15) is 0 Å². The molecule has 0 radical (unpaired) electrons. The van der Waals surface area contributed by atoms with Crippen molar-refractivity contribution in [3.63, 3.8) is 0 Å². The lowest BCUT2D eigenvalue weighted by molar-refractivity contribution is 0.112. The second kappa shape index (κ2) is 4.74. The molecule has 1 fully saturated rings. The minimum Gasteiger partial charge on any atom is -0.354 e. The Hall–Kier alpha value is -1.94. The zero-order valence-electron chi connectivity index (χ0n) is 10.1. The number of anilines is 1. The highest BCUT2D eigenvalue weighted by Gasteiger charge is 2.11. The fraction of sp³-hybridized carbons (Fsp3) is 0.286. The van der Waals surface area contributed by atoms with E-state index < -0.39 is 0 Å². The second-order valence-electron chi connectivity index (χ2n) is 4.48. The van der Waals surface area contributed by atoms with Gasteiger partial charge in [0.15, 0.2) is 0 Å². The lowest BCUT2D eigenvalue weighted by Crippen LogP contribution is -2.43. The van der Waals surface area contributed by atoms with Gasteiger partial charge in [0.05, 0.1) is 5.52 Å². The first-order valence-corrected chi connectivity index (χ1v) is 6.18. The van der Waals surface area contributed by atoms with E-state index in [0.717, 1.165) is 49.2 Å². The SMILES string of the molecule is O=Cc1ccc2nc(N3CCNCC3)ccc2c1. The molecule has 4 nitrogen and oxygen atoms in total. The Kier molecular flexibility index (Phi) is 2.94. The van der Waals surface area contributed by atoms with Crippen molar-refractivity contribution in [2.45, 2.75) is 0 Å². The number of aromatic nitrogens is 1. The molecule has 1 aliphatic heterocycles. The number of benzene rings is 1. The lowest BCUT2D eigenvalue weighted by Gasteiger charge is -2.28. The van der Waals surface area contributed by atoms with Crippen LogP contribution in [0.15, 0.2) is 30.3 Å². The van der Waals surface area contributed by atoms with Gasteiger partial charge in [0, 0.05) is 37.1 Å². The predicted octanol–water partition coefficient (Wildman–Crippen LogP) is 1.46. The Labute approximate surface area is 106 Å². The highest BCUT2D eigenvalue weighted by Crippen LogP contribution is 2.19. The Morgan fingerprint density at radius 2 is 2.00 bits per heavy atom. The van der Waals surface area contributed by atoms with E-state index in [2.05, 4.69) is 15.2 Å². The van der Waals surface area contributed by atoms with Crippen LogP contribution in [0.1, 0.15) is 10.4 Å². The highest BCUT2D eigenvalue weighted by molar-refractivity contribution is 5.87. The van der Waals surface area contributed by atoms with Crippen molar-refractivity contribution in [1.82, 2.24) is 10.3 Å². The first-order chi connectivity index (χ1) is 8.86. The van der Waals surface area contributed by atoms with Crippen LogP contribution >= 0.6 is 0 Å². The Balaban J connectivity index is 1.97. The van der Waals surface area contributed by atoms with Crippen LogP contribution in [0.2, 0.25) is 0 Å². The molecule has 0 atom stereocenters. The molecular weight excluding hydrogens is 226 g/mol. The van der Waals surface area contributed by atoms with Crippen molar-refractivity contribution in [1.29, 1.82) is 0 Å². The molecule has 0 saturated carbocycles. The van der Waals surface area contributed by atoms with Crippen molar-refractivity contribution >= 4 is 23.0 Å². The van der Waals surface area contributed by atoms with Gasteiger partial charge >= 0.3 is 0 Å². The topological polar surface area (TPSA) is 45.2 Å². The first kappa shape index (κ1) is 11.2. The van der Waals surface area contributed by atoms with Crippen molar-refractivity contribution in [3.8, 4) is 0 Å². The smallest absolute Gasteiger partial charge is 0.150 e. The van der Waals surface area contributed by atoms with E-state index in [1.807, 2.05) is 30.3 Å². The van der Waals surface area contributed by atoms with Crippen molar-refractivity contribution in [2.75, 3.05) is 31.1 Å². The molecule has 2 heterocycles. The third kappa shape index (κ3) is 2.07. The van der Waals surface area contributed by atoms with Crippen molar-refractivity contribution in [3.05, 3.63) is 35.9 Å². The summed E-state index contributed by atoms with van der Waals surface area (Å²) in [6, 6.07) is 9.65. The molecule has 0 spiro atoms. The summed E-state index contributed by atoms with van der Waals surface area (Å²) in [6.45, 7) is 3.99. The van der Waals surface area contributed by atoms with E-state index in [0.29, 0.717) is 5.56 Å². The van der Waals surface area contributed by atoms with Gasteiger partial charge in [-0.25, -0.2) is 4.98 Å². The van der Waals surface area contributed by atoms with E-state index in [-0.39, 0.29) is 0 Å². The molecule has 18 heavy (non-hydrogen) atoms. The highest BCUT2D eigenvalue weighted by atomic mass is 16.1. The largest absolute Gasteiger partial charge is 0.354 e. The van der Waals surface area contributed by atoms with Crippen LogP contribution in [-0.4, -0.2) is 37.4 Å². The molecule has 1 aliphatic rings. The summed E-state index contributed by atoms with van der Waals surface area (Å²) in [6.07, 6.45) is 0.865. The molecule has 0 amide bonds. The number of carbonyl (C=O) groups is 1. The van der Waals surface area contributed by atoms with Crippen molar-refractivity contribution < 1.29 is 4.79 Å². The summed E-state index contributed by atoms with van der Waals surface area (Å²) in [5, 5.41) is 4.34. The van der Waals surface area contributed by atoms with Gasteiger partial charge in [0.2, 0.25) is 0 Å². The fourth-order valence-corrected chi connectivity index (χ4v) is 2.28. The molecule has 4 heteroatoms. The van der Waals surface area contributed by atoms with Crippen LogP contribution in [0.25, 0.3) is 10.9 Å². The summed E-state index contributed by atoms with van der Waals surface area (Å²) in [5.74, 6) is 1.02. The van der Waals surface area contributed by atoms with Crippen LogP contribution in [-0.2, 0) is 0 Å². The fourth-order valence-electron chi connectivity index (χ4n) is 2.28. The minimum absolute atomic E-state index is 0.694. The molecule has 92 valence electrons. The quantitative estimate of drug-likeness (QED) is 0.808. The maximum atomic E-state index is 10.7. The number of piperazine rings is 1. The summed E-state index contributed by atoms with van der Waals surface area (Å²) in [4.78, 5) is 17.7. The van der Waals surface area contributed by atoms with Gasteiger partial charge < -0.3 is 10.2 Å². The third-order valence-corrected chi connectivity index (χ3v) is 3.28. The van der Waals surface area contributed by atoms with Crippen LogP contribution in [0.5, 0.6) is 0 Å². The van der Waals surface area contributed by atoms with Gasteiger partial charge in [-0.3, -0.25) is 4.79 Å². The zero-order chi connectivity index (χ0) is 12.4. The molecule has 1 saturated heterocycles. The molecule has 3 rings (SSSR count). The zero-order valence-corrected chi connectivity index (χ0v) is 10.1. The number of aldehydes is 1. The third-order valence-electron chi connectivity index (χ3n) is 3.28. The molecule has 1 aromatic carbocycles. The molecule has 2 aromatic rings. The second-order valence-corrected chi connectivity index (χ2v) is 4.48. The van der Waals surface area contributed by atoms with Gasteiger partial charge in [0.25, 0.3) is 0 Å². The number of fused-ring (bicyclic) bond motifs is 1. The predicted molar refractivity (Wildman–Crippen MR) is 72.2 cm³/mol. The van der Waals surface area contributed by atoms with Crippen molar-refractivity contribution in [2.24, 2.45) is 0 Å². The Morgan fingerprint density at radius 3 is 2.78 bits per heavy atom. The Bertz CT molecular complexity index is 576. The number of nitrogens with one attached hydrogen (secondary N) is 1. The number of rotatable bonds is 2. The monoisotopic (exact) mass is 241 g/mol. The van der Waals surface area contributed by atoms with Crippen LogP contribution in [0, 0.1) is 0 Å².